The lowest BCUT2D eigenvalue weighted by molar-refractivity contribution is -0.149. The fraction of sp³-hybridized carbons (Fsp3) is 0.429. The number of carbonyl (C=O) groups is 4. The van der Waals surface area contributed by atoms with Crippen LogP contribution in [-0.4, -0.2) is 38.5 Å². The predicted molar refractivity (Wildman–Crippen MR) is 48.3 cm³/mol. The van der Waals surface area contributed by atoms with Crippen LogP contribution in [0.25, 0.3) is 0 Å². The van der Waals surface area contributed by atoms with Gasteiger partial charge in [-0.05, 0) is 0 Å². The van der Waals surface area contributed by atoms with Crippen LogP contribution < -0.4 is 5.32 Å². The Balaban J connectivity index is 2.80. The molecule has 0 aromatic heterocycles. The van der Waals surface area contributed by atoms with Crippen molar-refractivity contribution in [3.63, 3.8) is 0 Å². The van der Waals surface area contributed by atoms with E-state index in [-0.39, 0.29) is 0 Å². The summed E-state index contributed by atoms with van der Waals surface area (Å²) in [5.74, 6) is -4.87. The van der Waals surface area contributed by atoms with E-state index in [4.69, 9.17) is 10.2 Å². The van der Waals surface area contributed by atoms with Crippen molar-refractivity contribution >= 4 is 34.8 Å². The van der Waals surface area contributed by atoms with Crippen molar-refractivity contribution in [1.82, 2.24) is 5.32 Å². The molecule has 82 valence electrons. The summed E-state index contributed by atoms with van der Waals surface area (Å²) in [6.07, 6.45) is -0.687. The minimum atomic E-state index is -1.40. The van der Waals surface area contributed by atoms with Crippen LogP contribution in [0.2, 0.25) is 0 Å². The fourth-order valence-corrected chi connectivity index (χ4v) is 2.08. The monoisotopic (exact) mass is 233 g/mol. The standard InChI is InChI=1S/C7H7NO6S/c9-3(10)1-2(6(12)13)4-5(11)8-7(14)15-4/h2,4H,1H2,(H,9,10)(H,12,13)(H,8,11,14). The molecular formula is C7H7NO6S. The smallest absolute Gasteiger partial charge is 0.308 e. The van der Waals surface area contributed by atoms with E-state index >= 15 is 0 Å². The van der Waals surface area contributed by atoms with E-state index in [1.165, 1.54) is 0 Å². The van der Waals surface area contributed by atoms with Crippen LogP contribution in [0, 0.1) is 5.92 Å². The summed E-state index contributed by atoms with van der Waals surface area (Å²) in [5.41, 5.74) is 0. The molecule has 1 aliphatic heterocycles. The van der Waals surface area contributed by atoms with Crippen LogP contribution in [0.15, 0.2) is 0 Å². The van der Waals surface area contributed by atoms with E-state index in [0.29, 0.717) is 11.8 Å². The van der Waals surface area contributed by atoms with E-state index in [9.17, 15) is 19.2 Å². The van der Waals surface area contributed by atoms with E-state index < -0.39 is 40.7 Å². The molecule has 2 amide bonds. The molecule has 1 fully saturated rings. The molecule has 1 aliphatic rings. The van der Waals surface area contributed by atoms with E-state index in [1.54, 1.807) is 0 Å². The zero-order valence-corrected chi connectivity index (χ0v) is 8.11. The number of imide groups is 1. The molecule has 0 spiro atoms. The highest BCUT2D eigenvalue weighted by molar-refractivity contribution is 8.15. The number of carboxylic acids is 2. The number of carboxylic acid groups (broad SMARTS) is 2. The number of rotatable bonds is 4. The number of hydrogen-bond acceptors (Lipinski definition) is 5. The summed E-state index contributed by atoms with van der Waals surface area (Å²) in [4.78, 5) is 42.9. The number of carbonyl (C=O) groups excluding carboxylic acids is 2. The minimum absolute atomic E-state index is 0.508. The summed E-state index contributed by atoms with van der Waals surface area (Å²) in [5, 5.41) is 17.3. The number of amides is 2. The summed E-state index contributed by atoms with van der Waals surface area (Å²) < 4.78 is 0. The highest BCUT2D eigenvalue weighted by Crippen LogP contribution is 2.28. The third-order valence-electron chi connectivity index (χ3n) is 1.79. The molecule has 15 heavy (non-hydrogen) atoms. The second-order valence-electron chi connectivity index (χ2n) is 2.86. The Bertz CT molecular complexity index is 340. The normalized spacial score (nSPS) is 22.3. The van der Waals surface area contributed by atoms with Crippen molar-refractivity contribution in [2.75, 3.05) is 0 Å². The van der Waals surface area contributed by atoms with Crippen LogP contribution in [0.5, 0.6) is 0 Å². The predicted octanol–water partition coefficient (Wildman–Crippen LogP) is -0.486. The molecule has 1 rings (SSSR count). The topological polar surface area (TPSA) is 121 Å². The third kappa shape index (κ3) is 2.69. The first kappa shape index (κ1) is 11.5. The molecule has 0 saturated carbocycles. The van der Waals surface area contributed by atoms with Gasteiger partial charge >= 0.3 is 11.9 Å². The van der Waals surface area contributed by atoms with Gasteiger partial charge in [0.2, 0.25) is 5.91 Å². The minimum Gasteiger partial charge on any atom is -0.481 e. The maximum absolute atomic E-state index is 11.1. The highest BCUT2D eigenvalue weighted by Gasteiger charge is 2.42. The second kappa shape index (κ2) is 4.30. The van der Waals surface area contributed by atoms with Gasteiger partial charge < -0.3 is 10.2 Å². The lowest BCUT2D eigenvalue weighted by atomic mass is 10.0. The van der Waals surface area contributed by atoms with Crippen molar-refractivity contribution < 1.29 is 29.4 Å². The van der Waals surface area contributed by atoms with Crippen LogP contribution >= 0.6 is 11.8 Å². The molecule has 1 heterocycles. The largest absolute Gasteiger partial charge is 0.481 e. The Morgan fingerprint density at radius 3 is 2.33 bits per heavy atom. The van der Waals surface area contributed by atoms with Gasteiger partial charge in [0.15, 0.2) is 0 Å². The molecule has 0 aliphatic carbocycles. The molecular weight excluding hydrogens is 226 g/mol. The number of thioether (sulfide) groups is 1. The molecule has 0 aromatic rings. The van der Waals surface area contributed by atoms with Crippen molar-refractivity contribution in [2.45, 2.75) is 11.7 Å². The second-order valence-corrected chi connectivity index (χ2v) is 3.97. The summed E-state index contributed by atoms with van der Waals surface area (Å²) in [6, 6.07) is 0. The maximum Gasteiger partial charge on any atom is 0.308 e. The zero-order valence-electron chi connectivity index (χ0n) is 7.30. The van der Waals surface area contributed by atoms with Gasteiger partial charge in [0.1, 0.15) is 5.25 Å². The molecule has 0 radical (unpaired) electrons. The molecule has 7 nitrogen and oxygen atoms in total. The maximum atomic E-state index is 11.1. The van der Waals surface area contributed by atoms with Gasteiger partial charge in [-0.3, -0.25) is 24.5 Å². The quantitative estimate of drug-likeness (QED) is 0.599. The lowest BCUT2D eigenvalue weighted by Gasteiger charge is -2.12. The van der Waals surface area contributed by atoms with Gasteiger partial charge in [-0.1, -0.05) is 11.8 Å². The third-order valence-corrected chi connectivity index (χ3v) is 2.91. The average molecular weight is 233 g/mol. The molecule has 1 saturated heterocycles. The van der Waals surface area contributed by atoms with Crippen molar-refractivity contribution in [1.29, 1.82) is 0 Å². The van der Waals surface area contributed by atoms with Crippen molar-refractivity contribution in [3.8, 4) is 0 Å². The average Bonchev–Trinajstić information content (AvgIpc) is 2.40. The highest BCUT2D eigenvalue weighted by atomic mass is 32.2. The zero-order chi connectivity index (χ0) is 11.6. The van der Waals surface area contributed by atoms with Crippen LogP contribution in [0.4, 0.5) is 4.79 Å². The Kier molecular flexibility index (Phi) is 3.30. The Morgan fingerprint density at radius 2 is 2.00 bits per heavy atom. The first-order valence-electron chi connectivity index (χ1n) is 3.88. The van der Waals surface area contributed by atoms with Crippen LogP contribution in [0.3, 0.4) is 0 Å². The van der Waals surface area contributed by atoms with E-state index in [0.717, 1.165) is 0 Å². The van der Waals surface area contributed by atoms with E-state index in [1.807, 2.05) is 5.32 Å². The van der Waals surface area contributed by atoms with Crippen molar-refractivity contribution in [2.24, 2.45) is 5.92 Å². The summed E-state index contributed by atoms with van der Waals surface area (Å²) in [6.45, 7) is 0. The molecule has 2 unspecified atom stereocenters. The number of hydrogen-bond donors (Lipinski definition) is 3. The lowest BCUT2D eigenvalue weighted by Crippen LogP contribution is -2.35. The van der Waals surface area contributed by atoms with Gasteiger partial charge in [-0.25, -0.2) is 0 Å². The SMILES string of the molecule is O=C(O)CC(C(=O)O)C1SC(=O)NC1=O. The molecule has 0 bridgehead atoms. The van der Waals surface area contributed by atoms with Crippen LogP contribution in [0.1, 0.15) is 6.42 Å². The number of nitrogens with one attached hydrogen (secondary N) is 1. The molecule has 3 N–H and O–H groups in total. The van der Waals surface area contributed by atoms with Gasteiger partial charge in [-0.15, -0.1) is 0 Å². The first-order valence-corrected chi connectivity index (χ1v) is 4.76. The molecule has 2 atom stereocenters. The Morgan fingerprint density at radius 1 is 1.40 bits per heavy atom. The number of aliphatic carboxylic acids is 2. The molecule has 0 aromatic carbocycles. The van der Waals surface area contributed by atoms with Gasteiger partial charge in [0.25, 0.3) is 5.24 Å². The summed E-state index contributed by atoms with van der Waals surface area (Å²) in [7, 11) is 0. The first-order chi connectivity index (χ1) is 6.91. The summed E-state index contributed by atoms with van der Waals surface area (Å²) >= 11 is 0.508. The Labute approximate surface area is 87.8 Å². The van der Waals surface area contributed by atoms with Crippen molar-refractivity contribution in [3.05, 3.63) is 0 Å². The molecule has 8 heteroatoms. The van der Waals surface area contributed by atoms with Gasteiger partial charge in [0, 0.05) is 0 Å². The Hall–Kier alpha value is -1.57. The van der Waals surface area contributed by atoms with Gasteiger partial charge in [0.05, 0.1) is 12.3 Å². The fourth-order valence-electron chi connectivity index (χ4n) is 1.15. The van der Waals surface area contributed by atoms with Crippen LogP contribution in [-0.2, 0) is 14.4 Å². The van der Waals surface area contributed by atoms with E-state index in [2.05, 4.69) is 0 Å². The van der Waals surface area contributed by atoms with Gasteiger partial charge in [-0.2, -0.15) is 0 Å².